The summed E-state index contributed by atoms with van der Waals surface area (Å²) >= 11 is 0. The first kappa shape index (κ1) is 23.1. The largest absolute Gasteiger partial charge is 1.00 e. The molecule has 0 aromatic heterocycles. The molecule has 111 valence electrons. The van der Waals surface area contributed by atoms with Gasteiger partial charge < -0.3 is 23.5 Å². The average molecular weight is 379 g/mol. The quantitative estimate of drug-likeness (QED) is 0.474. The van der Waals surface area contributed by atoms with Crippen LogP contribution < -0.4 is 23.5 Å². The van der Waals surface area contributed by atoms with Gasteiger partial charge in [-0.3, -0.25) is 0 Å². The monoisotopic (exact) mass is 379 g/mol. The Hall–Kier alpha value is 0.833. The normalized spacial score (nSPS) is 20.1. The zero-order chi connectivity index (χ0) is 13.1. The van der Waals surface area contributed by atoms with Crippen LogP contribution in [0, 0.1) is 76.0 Å². The number of hydrogen-bond donors (Lipinski definition) is 2. The molecule has 0 aromatic carbocycles. The zero-order valence-electron chi connectivity index (χ0n) is 11.7. The van der Waals surface area contributed by atoms with Crippen LogP contribution in [-0.4, -0.2) is 19.6 Å². The third kappa shape index (κ3) is 10.5. The molecule has 2 saturated carbocycles. The molecule has 2 rings (SSSR count). The first-order valence-corrected chi connectivity index (χ1v) is 6.39. The van der Waals surface area contributed by atoms with E-state index in [0.717, 1.165) is 19.6 Å². The Bertz CT molecular complexity index is 161. The van der Waals surface area contributed by atoms with Gasteiger partial charge in [-0.1, -0.05) is 6.92 Å². The minimum absolute atomic E-state index is 0. The van der Waals surface area contributed by atoms with E-state index in [0.29, 0.717) is 0 Å². The standard InChI is InChI=1S/C12H10.C4H12N2.ClH.Ru/c1-3-7-11(8-4-1)12-9-5-2-6-10-12;1-2-6-4-3-5;;/h1-10H;6H,2-5H2,1H3;1H;/q;;;+1/p-1. The van der Waals surface area contributed by atoms with E-state index in [4.69, 9.17) is 5.73 Å². The summed E-state index contributed by atoms with van der Waals surface area (Å²) in [6.07, 6.45) is 20.8. The molecule has 0 saturated heterocycles. The fourth-order valence-electron chi connectivity index (χ4n) is 1.54. The number of likely N-dealkylation sites (N-methyl/N-ethyl adjacent to an activating group) is 1. The van der Waals surface area contributed by atoms with Crippen molar-refractivity contribution in [3.8, 4) is 0 Å². The predicted octanol–water partition coefficient (Wildman–Crippen LogP) is -1.24. The van der Waals surface area contributed by atoms with Crippen LogP contribution in [0.2, 0.25) is 0 Å². The Morgan fingerprint density at radius 2 is 1.25 bits per heavy atom. The Morgan fingerprint density at radius 3 is 1.50 bits per heavy atom. The van der Waals surface area contributed by atoms with Crippen LogP contribution in [0.4, 0.5) is 0 Å². The number of nitrogens with two attached hydrogens (primary N) is 1. The van der Waals surface area contributed by atoms with Gasteiger partial charge in [-0.05, 0) is 82.6 Å². The first-order valence-electron chi connectivity index (χ1n) is 6.39. The van der Waals surface area contributed by atoms with E-state index in [1.54, 1.807) is 0 Å². The minimum Gasteiger partial charge on any atom is -1.00 e. The number of nitrogens with one attached hydrogen (secondary N) is 1. The minimum atomic E-state index is 0. The molecule has 0 aromatic rings. The van der Waals surface area contributed by atoms with Crippen molar-refractivity contribution in [2.75, 3.05) is 19.6 Å². The molecule has 2 aliphatic carbocycles. The maximum atomic E-state index is 5.15. The summed E-state index contributed by atoms with van der Waals surface area (Å²) < 4.78 is 0. The molecule has 3 N–H and O–H groups in total. The van der Waals surface area contributed by atoms with Crippen molar-refractivity contribution in [1.29, 1.82) is 0 Å². The van der Waals surface area contributed by atoms with E-state index in [1.165, 1.54) is 11.8 Å². The van der Waals surface area contributed by atoms with Gasteiger partial charge in [0.15, 0.2) is 0 Å². The SMILES string of the molecule is CCNCCN.[CH]1[CH][CH][C]([C]2[CH][CH][CH][CH][CH]2)[CH][CH]1.[Cl-].[Ru+]. The maximum Gasteiger partial charge on any atom is 1.00 e. The maximum absolute atomic E-state index is 5.15. The molecule has 0 bridgehead atoms. The summed E-state index contributed by atoms with van der Waals surface area (Å²) in [7, 11) is 0. The molecular weight excluding hydrogens is 357 g/mol. The van der Waals surface area contributed by atoms with Crippen LogP contribution in [-0.2, 0) is 19.5 Å². The van der Waals surface area contributed by atoms with Crippen molar-refractivity contribution in [2.24, 2.45) is 5.73 Å². The van der Waals surface area contributed by atoms with Crippen LogP contribution in [0.5, 0.6) is 0 Å². The summed E-state index contributed by atoms with van der Waals surface area (Å²) in [5.41, 5.74) is 5.15. The Labute approximate surface area is 145 Å². The van der Waals surface area contributed by atoms with Crippen LogP contribution in [0.25, 0.3) is 0 Å². The summed E-state index contributed by atoms with van der Waals surface area (Å²) in [5, 5.41) is 3.07. The topological polar surface area (TPSA) is 38.0 Å². The molecule has 0 amide bonds. The molecule has 13 radical (unpaired) electrons. The van der Waals surface area contributed by atoms with E-state index < -0.39 is 0 Å². The smallest absolute Gasteiger partial charge is 1.00 e. The summed E-state index contributed by atoms with van der Waals surface area (Å²) in [5.74, 6) is 2.55. The molecule has 0 atom stereocenters. The third-order valence-corrected chi connectivity index (χ3v) is 2.45. The number of hydrogen-bond acceptors (Lipinski definition) is 2. The average Bonchev–Trinajstić information content (AvgIpc) is 2.48. The Morgan fingerprint density at radius 1 is 0.850 bits per heavy atom. The molecule has 2 aliphatic rings. The van der Waals surface area contributed by atoms with Gasteiger partial charge >= 0.3 is 19.5 Å². The molecule has 0 spiro atoms. The summed E-state index contributed by atoms with van der Waals surface area (Å²) in [4.78, 5) is 0. The molecule has 20 heavy (non-hydrogen) atoms. The van der Waals surface area contributed by atoms with Crippen molar-refractivity contribution < 1.29 is 31.9 Å². The van der Waals surface area contributed by atoms with Crippen molar-refractivity contribution in [1.82, 2.24) is 5.32 Å². The predicted molar refractivity (Wildman–Crippen MR) is 77.1 cm³/mol. The van der Waals surface area contributed by atoms with E-state index in [1.807, 2.05) is 12.8 Å². The molecular formula is C16H22ClN2Ru. The molecule has 0 unspecified atom stereocenters. The third-order valence-electron chi connectivity index (χ3n) is 2.45. The van der Waals surface area contributed by atoms with Gasteiger partial charge in [0.2, 0.25) is 0 Å². The van der Waals surface area contributed by atoms with E-state index >= 15 is 0 Å². The number of rotatable bonds is 4. The van der Waals surface area contributed by atoms with Crippen LogP contribution in [0.15, 0.2) is 0 Å². The summed E-state index contributed by atoms with van der Waals surface area (Å²) in [6.45, 7) is 4.77. The van der Waals surface area contributed by atoms with E-state index in [9.17, 15) is 0 Å². The van der Waals surface area contributed by atoms with Crippen molar-refractivity contribution in [3.05, 3.63) is 76.0 Å². The van der Waals surface area contributed by atoms with Gasteiger partial charge in [-0.15, -0.1) is 0 Å². The molecule has 0 heterocycles. The van der Waals surface area contributed by atoms with Gasteiger partial charge in [0.05, 0.1) is 0 Å². The zero-order valence-corrected chi connectivity index (χ0v) is 14.2. The second-order valence-corrected chi connectivity index (χ2v) is 3.87. The molecule has 2 fully saturated rings. The molecule has 0 aliphatic heterocycles. The first-order chi connectivity index (χ1) is 8.88. The fraction of sp³-hybridized carbons (Fsp3) is 0.250. The second-order valence-electron chi connectivity index (χ2n) is 3.87. The Kier molecular flexibility index (Phi) is 18.7. The second kappa shape index (κ2) is 16.2. The van der Waals surface area contributed by atoms with Gasteiger partial charge in [0.1, 0.15) is 0 Å². The molecule has 2 nitrogen and oxygen atoms in total. The van der Waals surface area contributed by atoms with Gasteiger partial charge in [-0.2, -0.15) is 0 Å². The van der Waals surface area contributed by atoms with Gasteiger partial charge in [-0.25, -0.2) is 0 Å². The van der Waals surface area contributed by atoms with Crippen LogP contribution >= 0.6 is 0 Å². The summed E-state index contributed by atoms with van der Waals surface area (Å²) in [6, 6.07) is 0. The van der Waals surface area contributed by atoms with E-state index in [-0.39, 0.29) is 31.9 Å². The van der Waals surface area contributed by atoms with Crippen LogP contribution in [0.3, 0.4) is 0 Å². The molecule has 4 heteroatoms. The van der Waals surface area contributed by atoms with Gasteiger partial charge in [0.25, 0.3) is 0 Å². The fourth-order valence-corrected chi connectivity index (χ4v) is 1.54. The van der Waals surface area contributed by atoms with Crippen molar-refractivity contribution in [2.45, 2.75) is 6.92 Å². The van der Waals surface area contributed by atoms with Crippen molar-refractivity contribution >= 4 is 0 Å². The van der Waals surface area contributed by atoms with E-state index in [2.05, 4.69) is 63.6 Å². The van der Waals surface area contributed by atoms with Crippen molar-refractivity contribution in [3.63, 3.8) is 0 Å². The van der Waals surface area contributed by atoms with Crippen LogP contribution in [0.1, 0.15) is 6.92 Å². The van der Waals surface area contributed by atoms with Gasteiger partial charge in [0, 0.05) is 13.1 Å². The number of halogens is 1. The Balaban J connectivity index is 0.